The van der Waals surface area contributed by atoms with Crippen molar-refractivity contribution in [1.82, 2.24) is 10.6 Å². The Morgan fingerprint density at radius 1 is 1.67 bits per heavy atom. The van der Waals surface area contributed by atoms with Gasteiger partial charge in [0.15, 0.2) is 0 Å². The molecule has 2 heterocycles. The van der Waals surface area contributed by atoms with Crippen LogP contribution in [0.4, 0.5) is 0 Å². The fourth-order valence-corrected chi connectivity index (χ4v) is 3.30. The van der Waals surface area contributed by atoms with Gasteiger partial charge in [-0.1, -0.05) is 13.0 Å². The SMILES string of the molecule is CCC(NC(=O)CCC1CCCN1)c1cccs1. The zero-order chi connectivity index (χ0) is 12.8. The van der Waals surface area contributed by atoms with Gasteiger partial charge in [-0.05, 0) is 43.7 Å². The lowest BCUT2D eigenvalue weighted by Crippen LogP contribution is -2.30. The number of hydrogen-bond acceptors (Lipinski definition) is 3. The maximum Gasteiger partial charge on any atom is 0.220 e. The van der Waals surface area contributed by atoms with Crippen LogP contribution in [-0.2, 0) is 4.79 Å². The van der Waals surface area contributed by atoms with Crippen molar-refractivity contribution in [3.63, 3.8) is 0 Å². The van der Waals surface area contributed by atoms with Crippen LogP contribution in [0.25, 0.3) is 0 Å². The average Bonchev–Trinajstić information content (AvgIpc) is 3.05. The molecule has 1 fully saturated rings. The predicted octanol–water partition coefficient (Wildman–Crippen LogP) is 2.85. The molecule has 2 N–H and O–H groups in total. The number of hydrogen-bond donors (Lipinski definition) is 2. The van der Waals surface area contributed by atoms with E-state index in [1.54, 1.807) is 11.3 Å². The van der Waals surface area contributed by atoms with E-state index in [1.807, 2.05) is 6.07 Å². The van der Waals surface area contributed by atoms with Crippen molar-refractivity contribution in [3.8, 4) is 0 Å². The number of carbonyl (C=O) groups excluding carboxylic acids is 1. The molecule has 2 unspecified atom stereocenters. The highest BCUT2D eigenvalue weighted by Crippen LogP contribution is 2.22. The molecule has 1 aromatic heterocycles. The Morgan fingerprint density at radius 3 is 3.17 bits per heavy atom. The molecule has 0 aromatic carbocycles. The predicted molar refractivity (Wildman–Crippen MR) is 75.8 cm³/mol. The first-order valence-electron chi connectivity index (χ1n) is 6.85. The van der Waals surface area contributed by atoms with Crippen molar-refractivity contribution in [2.24, 2.45) is 0 Å². The van der Waals surface area contributed by atoms with Crippen LogP contribution in [-0.4, -0.2) is 18.5 Å². The summed E-state index contributed by atoms with van der Waals surface area (Å²) < 4.78 is 0. The Bertz CT molecular complexity index is 358. The molecule has 4 heteroatoms. The van der Waals surface area contributed by atoms with Gasteiger partial charge in [0, 0.05) is 17.3 Å². The monoisotopic (exact) mass is 266 g/mol. The Balaban J connectivity index is 1.75. The van der Waals surface area contributed by atoms with E-state index < -0.39 is 0 Å². The third-order valence-corrected chi connectivity index (χ3v) is 4.50. The smallest absolute Gasteiger partial charge is 0.220 e. The summed E-state index contributed by atoms with van der Waals surface area (Å²) >= 11 is 1.71. The lowest BCUT2D eigenvalue weighted by molar-refractivity contribution is -0.122. The van der Waals surface area contributed by atoms with Gasteiger partial charge in [0.05, 0.1) is 6.04 Å². The van der Waals surface area contributed by atoms with Gasteiger partial charge in [0.2, 0.25) is 5.91 Å². The molecular formula is C14H22N2OS. The zero-order valence-corrected chi connectivity index (χ0v) is 11.8. The van der Waals surface area contributed by atoms with Crippen LogP contribution in [0.15, 0.2) is 17.5 Å². The van der Waals surface area contributed by atoms with Crippen molar-refractivity contribution in [3.05, 3.63) is 22.4 Å². The first kappa shape index (κ1) is 13.6. The molecule has 2 rings (SSSR count). The molecule has 100 valence electrons. The second-order valence-electron chi connectivity index (χ2n) is 4.88. The molecule has 0 radical (unpaired) electrons. The van der Waals surface area contributed by atoms with E-state index in [4.69, 9.17) is 0 Å². The maximum absolute atomic E-state index is 11.9. The Hall–Kier alpha value is -0.870. The van der Waals surface area contributed by atoms with Gasteiger partial charge in [-0.2, -0.15) is 0 Å². The fraction of sp³-hybridized carbons (Fsp3) is 0.643. The minimum absolute atomic E-state index is 0.184. The summed E-state index contributed by atoms with van der Waals surface area (Å²) in [7, 11) is 0. The largest absolute Gasteiger partial charge is 0.348 e. The van der Waals surface area contributed by atoms with Gasteiger partial charge in [-0.15, -0.1) is 11.3 Å². The van der Waals surface area contributed by atoms with Crippen molar-refractivity contribution < 1.29 is 4.79 Å². The molecule has 1 amide bonds. The molecule has 0 saturated carbocycles. The summed E-state index contributed by atoms with van der Waals surface area (Å²) in [6.07, 6.45) is 5.02. The summed E-state index contributed by atoms with van der Waals surface area (Å²) in [5.74, 6) is 0.184. The summed E-state index contributed by atoms with van der Waals surface area (Å²) in [6, 6.07) is 4.88. The van der Waals surface area contributed by atoms with Crippen LogP contribution >= 0.6 is 11.3 Å². The second-order valence-corrected chi connectivity index (χ2v) is 5.85. The third-order valence-electron chi connectivity index (χ3n) is 3.51. The van der Waals surface area contributed by atoms with E-state index in [-0.39, 0.29) is 11.9 Å². The van der Waals surface area contributed by atoms with E-state index in [0.29, 0.717) is 12.5 Å². The molecule has 0 aliphatic carbocycles. The molecule has 3 nitrogen and oxygen atoms in total. The molecule has 0 bridgehead atoms. The highest BCUT2D eigenvalue weighted by molar-refractivity contribution is 7.10. The Kier molecular flexibility index (Phi) is 5.20. The minimum Gasteiger partial charge on any atom is -0.348 e. The van der Waals surface area contributed by atoms with Crippen LogP contribution in [0.3, 0.4) is 0 Å². The molecule has 0 spiro atoms. The van der Waals surface area contributed by atoms with Crippen LogP contribution < -0.4 is 10.6 Å². The lowest BCUT2D eigenvalue weighted by atomic mass is 10.1. The number of nitrogens with one attached hydrogen (secondary N) is 2. The van der Waals surface area contributed by atoms with E-state index in [0.717, 1.165) is 19.4 Å². The number of rotatable bonds is 6. The van der Waals surface area contributed by atoms with Gasteiger partial charge in [-0.25, -0.2) is 0 Å². The Labute approximate surface area is 113 Å². The lowest BCUT2D eigenvalue weighted by Gasteiger charge is -2.16. The molecule has 1 saturated heterocycles. The van der Waals surface area contributed by atoms with E-state index >= 15 is 0 Å². The summed E-state index contributed by atoms with van der Waals surface area (Å²) in [6.45, 7) is 3.22. The molecule has 2 atom stereocenters. The first-order chi connectivity index (χ1) is 8.79. The molecule has 18 heavy (non-hydrogen) atoms. The van der Waals surface area contributed by atoms with Gasteiger partial charge >= 0.3 is 0 Å². The number of thiophene rings is 1. The highest BCUT2D eigenvalue weighted by atomic mass is 32.1. The van der Waals surface area contributed by atoms with Crippen LogP contribution in [0.5, 0.6) is 0 Å². The summed E-state index contributed by atoms with van der Waals surface area (Å²) in [4.78, 5) is 13.2. The highest BCUT2D eigenvalue weighted by Gasteiger charge is 2.17. The van der Waals surface area contributed by atoms with Gasteiger partial charge in [-0.3, -0.25) is 4.79 Å². The number of amides is 1. The molecule has 1 aliphatic heterocycles. The normalized spacial score (nSPS) is 20.8. The average molecular weight is 266 g/mol. The molecule has 1 aromatic rings. The van der Waals surface area contributed by atoms with Crippen molar-refractivity contribution in [2.75, 3.05) is 6.54 Å². The van der Waals surface area contributed by atoms with Gasteiger partial charge in [0.25, 0.3) is 0 Å². The summed E-state index contributed by atoms with van der Waals surface area (Å²) in [5, 5.41) is 8.63. The quantitative estimate of drug-likeness (QED) is 0.831. The third kappa shape index (κ3) is 3.82. The maximum atomic E-state index is 11.9. The summed E-state index contributed by atoms with van der Waals surface area (Å²) in [5.41, 5.74) is 0. The Morgan fingerprint density at radius 2 is 2.56 bits per heavy atom. The van der Waals surface area contributed by atoms with E-state index in [2.05, 4.69) is 29.0 Å². The minimum atomic E-state index is 0.184. The van der Waals surface area contributed by atoms with Crippen molar-refractivity contribution in [1.29, 1.82) is 0 Å². The topological polar surface area (TPSA) is 41.1 Å². The zero-order valence-electron chi connectivity index (χ0n) is 10.9. The number of carbonyl (C=O) groups is 1. The van der Waals surface area contributed by atoms with Crippen molar-refractivity contribution >= 4 is 17.2 Å². The molecule has 1 aliphatic rings. The van der Waals surface area contributed by atoms with E-state index in [9.17, 15) is 4.79 Å². The standard InChI is InChI=1S/C14H22N2OS/c1-2-12(13-6-4-10-18-13)16-14(17)8-7-11-5-3-9-15-11/h4,6,10-12,15H,2-3,5,7-9H2,1H3,(H,16,17). The fourth-order valence-electron chi connectivity index (χ4n) is 2.44. The second kappa shape index (κ2) is 6.90. The molecular weight excluding hydrogens is 244 g/mol. The van der Waals surface area contributed by atoms with E-state index in [1.165, 1.54) is 17.7 Å². The van der Waals surface area contributed by atoms with Crippen LogP contribution in [0.2, 0.25) is 0 Å². The van der Waals surface area contributed by atoms with Gasteiger partial charge in [0.1, 0.15) is 0 Å². The van der Waals surface area contributed by atoms with Crippen molar-refractivity contribution in [2.45, 2.75) is 51.1 Å². The van der Waals surface area contributed by atoms with Crippen LogP contribution in [0, 0.1) is 0 Å². The van der Waals surface area contributed by atoms with Gasteiger partial charge < -0.3 is 10.6 Å². The first-order valence-corrected chi connectivity index (χ1v) is 7.73. The van der Waals surface area contributed by atoms with Crippen LogP contribution in [0.1, 0.15) is 49.9 Å².